The molecule has 2 N–H and O–H groups in total. The van der Waals surface area contributed by atoms with Crippen LogP contribution in [0.15, 0.2) is 18.3 Å². The molecule has 0 aliphatic rings. The lowest BCUT2D eigenvalue weighted by atomic mass is 10.0. The molecule has 0 aromatic carbocycles. The molecule has 1 heterocycles. The van der Waals surface area contributed by atoms with Gasteiger partial charge in [-0.1, -0.05) is 13.3 Å². The third-order valence-electron chi connectivity index (χ3n) is 2.56. The quantitative estimate of drug-likeness (QED) is 0.702. The molecule has 0 saturated heterocycles. The van der Waals surface area contributed by atoms with E-state index in [9.17, 15) is 4.39 Å². The molecule has 16 heavy (non-hydrogen) atoms. The molecule has 0 fully saturated rings. The van der Waals surface area contributed by atoms with Crippen molar-refractivity contribution >= 4 is 5.69 Å². The van der Waals surface area contributed by atoms with Crippen molar-refractivity contribution in [3.05, 3.63) is 24.3 Å². The van der Waals surface area contributed by atoms with Gasteiger partial charge in [-0.2, -0.15) is 4.39 Å². The Hall–Kier alpha value is -1.16. The highest BCUT2D eigenvalue weighted by Crippen LogP contribution is 2.13. The predicted molar refractivity (Wildman–Crippen MR) is 62.8 cm³/mol. The van der Waals surface area contributed by atoms with Crippen molar-refractivity contribution in [1.82, 2.24) is 4.98 Å². The number of nitrogens with zero attached hydrogens (tertiary/aromatic N) is 1. The van der Waals surface area contributed by atoms with E-state index in [4.69, 9.17) is 5.11 Å². The Morgan fingerprint density at radius 2 is 2.31 bits per heavy atom. The topological polar surface area (TPSA) is 45.1 Å². The summed E-state index contributed by atoms with van der Waals surface area (Å²) >= 11 is 0. The van der Waals surface area contributed by atoms with Gasteiger partial charge in [-0.05, 0) is 24.8 Å². The van der Waals surface area contributed by atoms with Gasteiger partial charge in [-0.15, -0.1) is 0 Å². The van der Waals surface area contributed by atoms with Crippen molar-refractivity contribution in [3.8, 4) is 0 Å². The zero-order chi connectivity index (χ0) is 11.8. The second-order valence-corrected chi connectivity index (χ2v) is 3.92. The molecule has 0 amide bonds. The molecule has 3 nitrogen and oxygen atoms in total. The zero-order valence-corrected chi connectivity index (χ0v) is 9.62. The SMILES string of the molecule is CCCC(CCO)CNc1ccnc(F)c1. The lowest BCUT2D eigenvalue weighted by Gasteiger charge is -2.16. The van der Waals surface area contributed by atoms with Crippen LogP contribution in [0.25, 0.3) is 0 Å². The molecular weight excluding hydrogens is 207 g/mol. The summed E-state index contributed by atoms with van der Waals surface area (Å²) in [6, 6.07) is 3.12. The third kappa shape index (κ3) is 4.57. The highest BCUT2D eigenvalue weighted by atomic mass is 19.1. The average Bonchev–Trinajstić information content (AvgIpc) is 2.27. The maximum absolute atomic E-state index is 12.8. The number of aromatic nitrogens is 1. The van der Waals surface area contributed by atoms with E-state index in [2.05, 4.69) is 17.2 Å². The minimum absolute atomic E-state index is 0.205. The first-order valence-electron chi connectivity index (χ1n) is 5.72. The van der Waals surface area contributed by atoms with Crippen LogP contribution in [0.2, 0.25) is 0 Å². The van der Waals surface area contributed by atoms with E-state index in [0.29, 0.717) is 5.92 Å². The van der Waals surface area contributed by atoms with Crippen LogP contribution in [0.5, 0.6) is 0 Å². The highest BCUT2D eigenvalue weighted by Gasteiger charge is 2.07. The summed E-state index contributed by atoms with van der Waals surface area (Å²) in [4.78, 5) is 3.49. The molecule has 0 radical (unpaired) electrons. The maximum Gasteiger partial charge on any atom is 0.214 e. The molecule has 0 aliphatic carbocycles. The second-order valence-electron chi connectivity index (χ2n) is 3.92. The van der Waals surface area contributed by atoms with Gasteiger partial charge in [0.2, 0.25) is 5.95 Å². The van der Waals surface area contributed by atoms with E-state index in [1.54, 1.807) is 6.07 Å². The molecule has 1 atom stereocenters. The molecule has 0 bridgehead atoms. The van der Waals surface area contributed by atoms with Gasteiger partial charge >= 0.3 is 0 Å². The van der Waals surface area contributed by atoms with Crippen LogP contribution in [0.4, 0.5) is 10.1 Å². The summed E-state index contributed by atoms with van der Waals surface area (Å²) in [7, 11) is 0. The van der Waals surface area contributed by atoms with Crippen LogP contribution in [0, 0.1) is 11.9 Å². The number of halogens is 1. The van der Waals surface area contributed by atoms with E-state index in [1.807, 2.05) is 0 Å². The number of anilines is 1. The zero-order valence-electron chi connectivity index (χ0n) is 9.62. The Morgan fingerprint density at radius 3 is 2.94 bits per heavy atom. The summed E-state index contributed by atoms with van der Waals surface area (Å²) in [5.41, 5.74) is 0.742. The molecule has 4 heteroatoms. The van der Waals surface area contributed by atoms with Crippen LogP contribution in [-0.2, 0) is 0 Å². The number of rotatable bonds is 7. The van der Waals surface area contributed by atoms with Gasteiger partial charge in [0.05, 0.1) is 0 Å². The minimum atomic E-state index is -0.473. The molecular formula is C12H19FN2O. The monoisotopic (exact) mass is 226 g/mol. The van der Waals surface area contributed by atoms with Crippen molar-refractivity contribution in [1.29, 1.82) is 0 Å². The smallest absolute Gasteiger partial charge is 0.214 e. The van der Waals surface area contributed by atoms with E-state index < -0.39 is 5.95 Å². The molecule has 1 rings (SSSR count). The average molecular weight is 226 g/mol. The lowest BCUT2D eigenvalue weighted by molar-refractivity contribution is 0.255. The predicted octanol–water partition coefficient (Wildman–Crippen LogP) is 2.43. The molecule has 1 aromatic rings. The first-order valence-corrected chi connectivity index (χ1v) is 5.72. The second kappa shape index (κ2) is 7.17. The van der Waals surface area contributed by atoms with Crippen molar-refractivity contribution < 1.29 is 9.50 Å². The fourth-order valence-corrected chi connectivity index (χ4v) is 1.71. The number of aliphatic hydroxyl groups excluding tert-OH is 1. The normalized spacial score (nSPS) is 12.4. The van der Waals surface area contributed by atoms with E-state index in [0.717, 1.165) is 31.5 Å². The van der Waals surface area contributed by atoms with Crippen LogP contribution in [-0.4, -0.2) is 23.2 Å². The Labute approximate surface area is 95.7 Å². The van der Waals surface area contributed by atoms with E-state index in [-0.39, 0.29) is 6.61 Å². The first kappa shape index (κ1) is 12.9. The number of hydrogen-bond acceptors (Lipinski definition) is 3. The van der Waals surface area contributed by atoms with Gasteiger partial charge in [0.15, 0.2) is 0 Å². The van der Waals surface area contributed by atoms with Gasteiger partial charge in [0, 0.05) is 31.1 Å². The Morgan fingerprint density at radius 1 is 1.50 bits per heavy atom. The Balaban J connectivity index is 2.41. The summed E-state index contributed by atoms with van der Waals surface area (Å²) in [5.74, 6) is -0.0366. The van der Waals surface area contributed by atoms with Gasteiger partial charge in [-0.3, -0.25) is 0 Å². The van der Waals surface area contributed by atoms with Gasteiger partial charge in [-0.25, -0.2) is 4.98 Å². The Kier molecular flexibility index (Phi) is 5.78. The summed E-state index contributed by atoms with van der Waals surface area (Å²) in [5, 5.41) is 12.1. The van der Waals surface area contributed by atoms with Gasteiger partial charge < -0.3 is 10.4 Å². The molecule has 0 aliphatic heterocycles. The van der Waals surface area contributed by atoms with E-state index >= 15 is 0 Å². The number of nitrogens with one attached hydrogen (secondary N) is 1. The first-order chi connectivity index (χ1) is 7.76. The van der Waals surface area contributed by atoms with Crippen molar-refractivity contribution in [2.75, 3.05) is 18.5 Å². The maximum atomic E-state index is 12.8. The molecule has 90 valence electrons. The number of aliphatic hydroxyl groups is 1. The Bertz CT molecular complexity index is 301. The van der Waals surface area contributed by atoms with Crippen LogP contribution < -0.4 is 5.32 Å². The molecule has 1 unspecified atom stereocenters. The van der Waals surface area contributed by atoms with E-state index in [1.165, 1.54) is 12.3 Å². The fourth-order valence-electron chi connectivity index (χ4n) is 1.71. The molecule has 0 spiro atoms. The summed E-state index contributed by atoms with van der Waals surface area (Å²) < 4.78 is 12.8. The standard InChI is InChI=1S/C12H19FN2O/c1-2-3-10(5-7-16)9-15-11-4-6-14-12(13)8-11/h4,6,8,10,16H,2-3,5,7,9H2,1H3,(H,14,15). The van der Waals surface area contributed by atoms with Crippen molar-refractivity contribution in [2.24, 2.45) is 5.92 Å². The van der Waals surface area contributed by atoms with Gasteiger partial charge in [0.1, 0.15) is 0 Å². The molecule has 1 aromatic heterocycles. The molecule has 0 saturated carbocycles. The summed E-state index contributed by atoms with van der Waals surface area (Å²) in [6.45, 7) is 3.09. The fraction of sp³-hybridized carbons (Fsp3) is 0.583. The largest absolute Gasteiger partial charge is 0.396 e. The van der Waals surface area contributed by atoms with Crippen LogP contribution in [0.3, 0.4) is 0 Å². The number of hydrogen-bond donors (Lipinski definition) is 2. The van der Waals surface area contributed by atoms with Crippen LogP contribution >= 0.6 is 0 Å². The van der Waals surface area contributed by atoms with Crippen LogP contribution in [0.1, 0.15) is 26.2 Å². The highest BCUT2D eigenvalue weighted by molar-refractivity contribution is 5.41. The lowest BCUT2D eigenvalue weighted by Crippen LogP contribution is -2.15. The number of pyridine rings is 1. The minimum Gasteiger partial charge on any atom is -0.396 e. The van der Waals surface area contributed by atoms with Crippen molar-refractivity contribution in [3.63, 3.8) is 0 Å². The third-order valence-corrected chi connectivity index (χ3v) is 2.56. The van der Waals surface area contributed by atoms with Gasteiger partial charge in [0.25, 0.3) is 0 Å². The summed E-state index contributed by atoms with van der Waals surface area (Å²) in [6.07, 6.45) is 4.39. The van der Waals surface area contributed by atoms with Crippen molar-refractivity contribution in [2.45, 2.75) is 26.2 Å².